The molecule has 8 aromatic carbocycles. The number of fused-ring (bicyclic) bond motifs is 7. The fourth-order valence-corrected chi connectivity index (χ4v) is 8.79. The standard InChI is InChI=1S/C49H36N4/c1-3-13-34(14-4-1)47-50-48(35-15-5-2-6-16-35)52-49(51-47)42-29-26-32-12-7-8-17-37(32)45(42)33-24-22-31(23-25-33)36-27-28-39-41-20-11-19-40-38-18-9-10-21-43(38)53(46(40)41)44(39)30-36/h1-30,47-52H. The van der Waals surface area contributed by atoms with Gasteiger partial charge in [0.25, 0.3) is 0 Å². The van der Waals surface area contributed by atoms with Crippen LogP contribution in [0.3, 0.4) is 0 Å². The van der Waals surface area contributed by atoms with Crippen molar-refractivity contribution in [2.75, 3.05) is 0 Å². The minimum absolute atomic E-state index is 0.0426. The van der Waals surface area contributed by atoms with Gasteiger partial charge in [-0.3, -0.25) is 16.0 Å². The minimum Gasteiger partial charge on any atom is -0.308 e. The highest BCUT2D eigenvalue weighted by molar-refractivity contribution is 6.23. The van der Waals surface area contributed by atoms with E-state index in [4.69, 9.17) is 0 Å². The second-order valence-corrected chi connectivity index (χ2v) is 14.2. The summed E-state index contributed by atoms with van der Waals surface area (Å²) in [5.74, 6) is 0. The number of hydrogen-bond donors (Lipinski definition) is 3. The summed E-state index contributed by atoms with van der Waals surface area (Å²) in [7, 11) is 0. The predicted molar refractivity (Wildman–Crippen MR) is 220 cm³/mol. The maximum atomic E-state index is 3.92. The number of benzene rings is 8. The Morgan fingerprint density at radius 1 is 0.358 bits per heavy atom. The van der Waals surface area contributed by atoms with Gasteiger partial charge in [0.1, 0.15) is 0 Å². The molecule has 1 aliphatic heterocycles. The van der Waals surface area contributed by atoms with Gasteiger partial charge in [0.2, 0.25) is 0 Å². The molecule has 2 aromatic heterocycles. The first kappa shape index (κ1) is 30.3. The van der Waals surface area contributed by atoms with Crippen LogP contribution in [0.15, 0.2) is 182 Å². The highest BCUT2D eigenvalue weighted by Crippen LogP contribution is 2.41. The van der Waals surface area contributed by atoms with Crippen molar-refractivity contribution in [1.29, 1.82) is 0 Å². The Balaban J connectivity index is 1.02. The molecule has 2 unspecified atom stereocenters. The Hall–Kier alpha value is -6.30. The fraction of sp³-hybridized carbons (Fsp3) is 0.0612. The smallest absolute Gasteiger partial charge is 0.0870 e. The van der Waals surface area contributed by atoms with E-state index in [1.807, 2.05) is 0 Å². The van der Waals surface area contributed by atoms with Gasteiger partial charge in [0, 0.05) is 21.5 Å². The van der Waals surface area contributed by atoms with Crippen molar-refractivity contribution in [3.8, 4) is 22.3 Å². The highest BCUT2D eigenvalue weighted by Gasteiger charge is 2.31. The molecule has 0 bridgehead atoms. The van der Waals surface area contributed by atoms with Gasteiger partial charge in [-0.25, -0.2) is 0 Å². The van der Waals surface area contributed by atoms with Crippen molar-refractivity contribution >= 4 is 48.9 Å². The Kier molecular flexibility index (Phi) is 6.95. The van der Waals surface area contributed by atoms with Crippen LogP contribution in [0.4, 0.5) is 0 Å². The number of nitrogens with zero attached hydrogens (tertiary/aromatic N) is 1. The molecule has 0 radical (unpaired) electrons. The van der Waals surface area contributed by atoms with Crippen molar-refractivity contribution in [3.63, 3.8) is 0 Å². The van der Waals surface area contributed by atoms with E-state index in [0.717, 1.165) is 0 Å². The molecule has 1 saturated heterocycles. The molecule has 2 atom stereocenters. The van der Waals surface area contributed by atoms with Gasteiger partial charge in [-0.15, -0.1) is 0 Å². The van der Waals surface area contributed by atoms with Gasteiger partial charge in [0.05, 0.1) is 35.0 Å². The van der Waals surface area contributed by atoms with Gasteiger partial charge in [0.15, 0.2) is 0 Å². The number of hydrogen-bond acceptors (Lipinski definition) is 3. The van der Waals surface area contributed by atoms with Crippen LogP contribution in [0.1, 0.15) is 35.2 Å². The van der Waals surface area contributed by atoms with Crippen LogP contribution >= 0.6 is 0 Å². The lowest BCUT2D eigenvalue weighted by Crippen LogP contribution is -2.54. The summed E-state index contributed by atoms with van der Waals surface area (Å²) in [5, 5.41) is 19.4. The first-order valence-corrected chi connectivity index (χ1v) is 18.5. The monoisotopic (exact) mass is 680 g/mol. The second-order valence-electron chi connectivity index (χ2n) is 14.2. The molecule has 252 valence electrons. The summed E-state index contributed by atoms with van der Waals surface area (Å²) < 4.78 is 2.46. The summed E-state index contributed by atoms with van der Waals surface area (Å²) in [6, 6.07) is 66.2. The van der Waals surface area contributed by atoms with Crippen LogP contribution < -0.4 is 16.0 Å². The molecule has 3 N–H and O–H groups in total. The van der Waals surface area contributed by atoms with E-state index in [1.54, 1.807) is 0 Å². The summed E-state index contributed by atoms with van der Waals surface area (Å²) in [6.45, 7) is 0. The van der Waals surface area contributed by atoms with Crippen molar-refractivity contribution in [2.45, 2.75) is 18.5 Å². The van der Waals surface area contributed by atoms with E-state index in [2.05, 4.69) is 202 Å². The third-order valence-corrected chi connectivity index (χ3v) is 11.3. The topological polar surface area (TPSA) is 40.5 Å². The van der Waals surface area contributed by atoms with E-state index in [9.17, 15) is 0 Å². The summed E-state index contributed by atoms with van der Waals surface area (Å²) in [4.78, 5) is 0. The molecule has 0 spiro atoms. The Labute approximate surface area is 307 Å². The van der Waals surface area contributed by atoms with Crippen molar-refractivity contribution < 1.29 is 0 Å². The van der Waals surface area contributed by atoms with E-state index in [-0.39, 0.29) is 18.5 Å². The molecule has 1 aliphatic rings. The third kappa shape index (κ3) is 4.88. The quantitative estimate of drug-likeness (QED) is 0.169. The molecular weight excluding hydrogens is 645 g/mol. The van der Waals surface area contributed by atoms with Gasteiger partial charge in [-0.2, -0.15) is 0 Å². The van der Waals surface area contributed by atoms with Gasteiger partial charge in [-0.05, 0) is 61.8 Å². The Bertz CT molecular complexity index is 2880. The molecule has 3 heterocycles. The highest BCUT2D eigenvalue weighted by atomic mass is 15.4. The number of aromatic nitrogens is 1. The minimum atomic E-state index is -0.113. The zero-order valence-electron chi connectivity index (χ0n) is 29.0. The average Bonchev–Trinajstić information content (AvgIpc) is 3.76. The summed E-state index contributed by atoms with van der Waals surface area (Å²) >= 11 is 0. The summed E-state index contributed by atoms with van der Waals surface area (Å²) in [5.41, 5.74) is 12.3. The SMILES string of the molecule is c1ccc(C2NC(c3ccccc3)NC(c3ccc4ccccc4c3-c3ccc(-c4ccc5c6cccc7c8ccccc8n(c5c4)c76)cc3)N2)cc1. The van der Waals surface area contributed by atoms with Gasteiger partial charge >= 0.3 is 0 Å². The second kappa shape index (κ2) is 12.1. The molecule has 11 rings (SSSR count). The van der Waals surface area contributed by atoms with E-state index >= 15 is 0 Å². The fourth-order valence-electron chi connectivity index (χ4n) is 8.79. The molecule has 53 heavy (non-hydrogen) atoms. The lowest BCUT2D eigenvalue weighted by Gasteiger charge is -2.40. The molecule has 4 heteroatoms. The van der Waals surface area contributed by atoms with E-state index in [0.29, 0.717) is 0 Å². The van der Waals surface area contributed by atoms with Crippen LogP contribution in [-0.4, -0.2) is 4.40 Å². The molecular formula is C49H36N4. The lowest BCUT2D eigenvalue weighted by atomic mass is 9.90. The Morgan fingerprint density at radius 2 is 0.906 bits per heavy atom. The largest absolute Gasteiger partial charge is 0.308 e. The maximum absolute atomic E-state index is 3.92. The van der Waals surface area contributed by atoms with Gasteiger partial charge in [-0.1, -0.05) is 170 Å². The Morgan fingerprint density at radius 3 is 1.62 bits per heavy atom. The predicted octanol–water partition coefficient (Wildman–Crippen LogP) is 11.5. The normalized spacial score (nSPS) is 17.8. The van der Waals surface area contributed by atoms with Crippen LogP contribution in [0.5, 0.6) is 0 Å². The third-order valence-electron chi connectivity index (χ3n) is 11.3. The molecule has 10 aromatic rings. The lowest BCUT2D eigenvalue weighted by molar-refractivity contribution is 0.203. The summed E-state index contributed by atoms with van der Waals surface area (Å²) in [6.07, 6.45) is -0.199. The van der Waals surface area contributed by atoms with Crippen LogP contribution in [0, 0.1) is 0 Å². The first-order chi connectivity index (χ1) is 26.3. The molecule has 4 nitrogen and oxygen atoms in total. The van der Waals surface area contributed by atoms with Crippen LogP contribution in [0.25, 0.3) is 71.1 Å². The zero-order chi connectivity index (χ0) is 34.9. The molecule has 1 fully saturated rings. The van der Waals surface area contributed by atoms with Crippen LogP contribution in [-0.2, 0) is 0 Å². The van der Waals surface area contributed by atoms with Crippen molar-refractivity contribution in [3.05, 3.63) is 199 Å². The zero-order valence-corrected chi connectivity index (χ0v) is 29.0. The molecule has 0 saturated carbocycles. The van der Waals surface area contributed by atoms with E-state index in [1.165, 1.54) is 87.8 Å². The first-order valence-electron chi connectivity index (χ1n) is 18.5. The van der Waals surface area contributed by atoms with Gasteiger partial charge < -0.3 is 4.40 Å². The van der Waals surface area contributed by atoms with Crippen LogP contribution in [0.2, 0.25) is 0 Å². The molecule has 0 aliphatic carbocycles. The number of nitrogens with one attached hydrogen (secondary N) is 3. The van der Waals surface area contributed by atoms with Crippen molar-refractivity contribution in [1.82, 2.24) is 20.4 Å². The number of rotatable bonds is 5. The number of para-hydroxylation sites is 2. The van der Waals surface area contributed by atoms with Crippen molar-refractivity contribution in [2.24, 2.45) is 0 Å². The molecule has 0 amide bonds. The maximum Gasteiger partial charge on any atom is 0.0870 e. The average molecular weight is 681 g/mol. The van der Waals surface area contributed by atoms with E-state index < -0.39 is 0 Å².